The van der Waals surface area contributed by atoms with E-state index in [2.05, 4.69) is 15.1 Å². The summed E-state index contributed by atoms with van der Waals surface area (Å²) in [7, 11) is 0. The minimum absolute atomic E-state index is 0.0249. The van der Waals surface area contributed by atoms with Crippen molar-refractivity contribution in [2.24, 2.45) is 10.1 Å². The highest BCUT2D eigenvalue weighted by Gasteiger charge is 2.14. The fraction of sp³-hybridized carbons (Fsp3) is 0. The van der Waals surface area contributed by atoms with Gasteiger partial charge in [-0.15, -0.1) is 11.3 Å². The predicted molar refractivity (Wildman–Crippen MR) is 123 cm³/mol. The van der Waals surface area contributed by atoms with Crippen LogP contribution < -0.4 is 4.80 Å². The normalized spacial score (nSPS) is 12.1. The number of hydrogen-bond donors (Lipinski definition) is 0. The fourth-order valence-electron chi connectivity index (χ4n) is 3.18. The molecule has 5 aromatic rings. The number of hydrogen-bond acceptors (Lipinski definition) is 7. The highest BCUT2D eigenvalue weighted by Crippen LogP contribution is 2.28. The number of nitrogens with zero attached hydrogens (tertiary/aromatic N) is 5. The molecule has 9 heteroatoms. The van der Waals surface area contributed by atoms with Crippen molar-refractivity contribution >= 4 is 39.9 Å². The Bertz CT molecular complexity index is 1480. The number of furan rings is 1. The third kappa shape index (κ3) is 3.84. The highest BCUT2D eigenvalue weighted by atomic mass is 32.1. The van der Waals surface area contributed by atoms with Crippen LogP contribution in [-0.2, 0) is 0 Å². The SMILES string of the molecule is O=[N+]([O-])c1ccccc1C=Nn1c(-c2cc3ccccc3o2)csc1=Nc1cccnc1. The molecule has 0 spiro atoms. The Labute approximate surface area is 185 Å². The maximum Gasteiger partial charge on any atom is 0.278 e. The Morgan fingerprint density at radius 1 is 1.09 bits per heavy atom. The van der Waals surface area contributed by atoms with Gasteiger partial charge < -0.3 is 4.42 Å². The fourth-order valence-corrected chi connectivity index (χ4v) is 4.02. The number of nitro groups is 1. The lowest BCUT2D eigenvalue weighted by atomic mass is 10.2. The first-order chi connectivity index (χ1) is 15.7. The first-order valence-corrected chi connectivity index (χ1v) is 10.5. The molecule has 0 unspecified atom stereocenters. The van der Waals surface area contributed by atoms with E-state index >= 15 is 0 Å². The van der Waals surface area contributed by atoms with Gasteiger partial charge in [-0.05, 0) is 30.3 Å². The quantitative estimate of drug-likeness (QED) is 0.208. The third-order valence-electron chi connectivity index (χ3n) is 4.68. The lowest BCUT2D eigenvalue weighted by Gasteiger charge is -2.01. The van der Waals surface area contributed by atoms with E-state index < -0.39 is 4.92 Å². The van der Waals surface area contributed by atoms with Crippen molar-refractivity contribution in [1.82, 2.24) is 9.66 Å². The molecule has 5 rings (SSSR count). The molecule has 2 aromatic carbocycles. The topological polar surface area (TPSA) is 98.8 Å². The number of para-hydroxylation sites is 2. The number of fused-ring (bicyclic) bond motifs is 1. The van der Waals surface area contributed by atoms with Crippen molar-refractivity contribution in [3.8, 4) is 11.5 Å². The molecular formula is C23H15N5O3S. The maximum absolute atomic E-state index is 11.4. The second kappa shape index (κ2) is 8.40. The van der Waals surface area contributed by atoms with Gasteiger partial charge in [-0.1, -0.05) is 30.3 Å². The van der Waals surface area contributed by atoms with Crippen LogP contribution >= 0.6 is 11.3 Å². The van der Waals surface area contributed by atoms with Crippen LogP contribution in [0.5, 0.6) is 0 Å². The molecule has 3 heterocycles. The van der Waals surface area contributed by atoms with Crippen molar-refractivity contribution in [3.63, 3.8) is 0 Å². The van der Waals surface area contributed by atoms with Crippen LogP contribution in [0, 0.1) is 10.1 Å². The molecule has 0 saturated heterocycles. The second-order valence-corrected chi connectivity index (χ2v) is 7.58. The van der Waals surface area contributed by atoms with Crippen molar-refractivity contribution in [2.45, 2.75) is 0 Å². The summed E-state index contributed by atoms with van der Waals surface area (Å²) in [4.78, 5) is 20.3. The van der Waals surface area contributed by atoms with Gasteiger partial charge in [0.15, 0.2) is 5.76 Å². The molecule has 0 aliphatic heterocycles. The summed E-state index contributed by atoms with van der Waals surface area (Å²) in [5.74, 6) is 0.620. The van der Waals surface area contributed by atoms with Gasteiger partial charge in [0.05, 0.1) is 28.6 Å². The Morgan fingerprint density at radius 3 is 2.75 bits per heavy atom. The summed E-state index contributed by atoms with van der Waals surface area (Å²) in [6.45, 7) is 0. The van der Waals surface area contributed by atoms with Crippen LogP contribution in [0.15, 0.2) is 99.0 Å². The van der Waals surface area contributed by atoms with Crippen molar-refractivity contribution < 1.29 is 9.34 Å². The molecule has 156 valence electrons. The van der Waals surface area contributed by atoms with Gasteiger partial charge in [-0.3, -0.25) is 15.1 Å². The molecule has 3 aromatic heterocycles. The number of aromatic nitrogens is 2. The minimum atomic E-state index is -0.430. The lowest BCUT2D eigenvalue weighted by molar-refractivity contribution is -0.385. The maximum atomic E-state index is 11.4. The second-order valence-electron chi connectivity index (χ2n) is 6.75. The van der Waals surface area contributed by atoms with E-state index in [4.69, 9.17) is 4.42 Å². The molecule has 0 N–H and O–H groups in total. The van der Waals surface area contributed by atoms with Gasteiger partial charge in [0, 0.05) is 23.0 Å². The van der Waals surface area contributed by atoms with E-state index in [-0.39, 0.29) is 5.69 Å². The molecule has 0 amide bonds. The number of benzene rings is 2. The number of thiazole rings is 1. The Hall–Kier alpha value is -4.37. The van der Waals surface area contributed by atoms with Gasteiger partial charge in [-0.25, -0.2) is 9.67 Å². The molecule has 0 radical (unpaired) electrons. The average Bonchev–Trinajstić information content (AvgIpc) is 3.42. The minimum Gasteiger partial charge on any atom is -0.454 e. The zero-order chi connectivity index (χ0) is 21.9. The summed E-state index contributed by atoms with van der Waals surface area (Å²) in [5.41, 5.74) is 2.47. The predicted octanol–water partition coefficient (Wildman–Crippen LogP) is 5.38. The first kappa shape index (κ1) is 19.6. The number of nitro benzene ring substituents is 1. The monoisotopic (exact) mass is 441 g/mol. The van der Waals surface area contributed by atoms with Crippen molar-refractivity contribution in [1.29, 1.82) is 0 Å². The number of rotatable bonds is 5. The average molecular weight is 441 g/mol. The van der Waals surface area contributed by atoms with Crippen molar-refractivity contribution in [3.05, 3.63) is 105 Å². The zero-order valence-corrected chi connectivity index (χ0v) is 17.3. The molecule has 0 atom stereocenters. The molecule has 0 fully saturated rings. The van der Waals surface area contributed by atoms with E-state index in [1.165, 1.54) is 23.6 Å². The summed E-state index contributed by atoms with van der Waals surface area (Å²) >= 11 is 1.38. The van der Waals surface area contributed by atoms with Crippen LogP contribution in [-0.4, -0.2) is 20.8 Å². The molecule has 0 bridgehead atoms. The Morgan fingerprint density at radius 2 is 1.94 bits per heavy atom. The summed E-state index contributed by atoms with van der Waals surface area (Å²) in [6.07, 6.45) is 4.78. The largest absolute Gasteiger partial charge is 0.454 e. The van der Waals surface area contributed by atoms with Crippen LogP contribution in [0.1, 0.15) is 5.56 Å². The molecule has 0 aliphatic rings. The zero-order valence-electron chi connectivity index (χ0n) is 16.5. The van der Waals surface area contributed by atoms with Crippen LogP contribution in [0.3, 0.4) is 0 Å². The molecule has 32 heavy (non-hydrogen) atoms. The van der Waals surface area contributed by atoms with E-state index in [0.717, 1.165) is 11.0 Å². The molecule has 0 saturated carbocycles. The Balaban J connectivity index is 1.67. The van der Waals surface area contributed by atoms with E-state index in [9.17, 15) is 10.1 Å². The van der Waals surface area contributed by atoms with Crippen molar-refractivity contribution in [2.75, 3.05) is 0 Å². The van der Waals surface area contributed by atoms with Gasteiger partial charge in [0.1, 0.15) is 11.3 Å². The van der Waals surface area contributed by atoms with Crippen LogP contribution in [0.4, 0.5) is 11.4 Å². The van der Waals surface area contributed by atoms with E-state index in [0.29, 0.717) is 27.5 Å². The Kier molecular flexibility index (Phi) is 5.14. The van der Waals surface area contributed by atoms with Crippen LogP contribution in [0.2, 0.25) is 0 Å². The summed E-state index contributed by atoms with van der Waals surface area (Å²) in [6, 6.07) is 19.7. The standard InChI is InChI=1S/C23H15N5O3S/c29-28(30)19-9-3-1-7-17(19)13-25-27-20(22-12-16-6-2-4-10-21(16)31-22)15-32-23(27)26-18-8-5-11-24-14-18/h1-15H. The van der Waals surface area contributed by atoms with E-state index in [1.807, 2.05) is 41.8 Å². The van der Waals surface area contributed by atoms with Gasteiger partial charge in [0.25, 0.3) is 5.69 Å². The van der Waals surface area contributed by atoms with E-state index in [1.54, 1.807) is 41.3 Å². The van der Waals surface area contributed by atoms with Gasteiger partial charge in [-0.2, -0.15) is 5.10 Å². The third-order valence-corrected chi connectivity index (χ3v) is 5.50. The smallest absolute Gasteiger partial charge is 0.278 e. The summed E-state index contributed by atoms with van der Waals surface area (Å²) in [5, 5.41) is 18.8. The van der Waals surface area contributed by atoms with Gasteiger partial charge >= 0.3 is 0 Å². The van der Waals surface area contributed by atoms with Gasteiger partial charge in [0.2, 0.25) is 4.80 Å². The highest BCUT2D eigenvalue weighted by molar-refractivity contribution is 7.07. The number of pyridine rings is 1. The van der Waals surface area contributed by atoms with Crippen LogP contribution in [0.25, 0.3) is 22.4 Å². The first-order valence-electron chi connectivity index (χ1n) is 9.61. The molecule has 8 nitrogen and oxygen atoms in total. The molecular weight excluding hydrogens is 426 g/mol. The summed E-state index contributed by atoms with van der Waals surface area (Å²) < 4.78 is 7.64. The lowest BCUT2D eigenvalue weighted by Crippen LogP contribution is -2.11. The molecule has 0 aliphatic carbocycles.